The highest BCUT2D eigenvalue weighted by molar-refractivity contribution is 7.79. The zero-order chi connectivity index (χ0) is 39.2. The maximum atomic E-state index is 2.32. The zero-order valence-electron chi connectivity index (χ0n) is 34.3. The molecule has 0 bridgehead atoms. The highest BCUT2D eigenvalue weighted by Crippen LogP contribution is 2.34. The first-order valence-corrected chi connectivity index (χ1v) is 20.9. The third-order valence-electron chi connectivity index (χ3n) is 10.2. The van der Waals surface area contributed by atoms with Crippen LogP contribution in [0, 0.1) is 0 Å². The van der Waals surface area contributed by atoms with Crippen LogP contribution in [0.25, 0.3) is 36.5 Å². The summed E-state index contributed by atoms with van der Waals surface area (Å²) in [7, 11) is -0.759. The molecule has 0 atom stereocenters. The molecule has 0 unspecified atom stereocenters. The monoisotopic (exact) mass is 736 g/mol. The van der Waals surface area contributed by atoms with Crippen molar-refractivity contribution in [1.82, 2.24) is 0 Å². The quantitative estimate of drug-likeness (QED) is 0.102. The molecule has 0 aliphatic heterocycles. The van der Waals surface area contributed by atoms with E-state index in [0.29, 0.717) is 0 Å². The van der Waals surface area contributed by atoms with Crippen LogP contribution in [0.4, 0.5) is 0 Å². The molecule has 6 rings (SSSR count). The van der Waals surface area contributed by atoms with Crippen molar-refractivity contribution in [2.24, 2.45) is 0 Å². The summed E-state index contributed by atoms with van der Waals surface area (Å²) in [5.41, 5.74) is 11.8. The molecule has 0 spiro atoms. The lowest BCUT2D eigenvalue weighted by Crippen LogP contribution is -2.20. The molecule has 0 N–H and O–H groups in total. The lowest BCUT2D eigenvalue weighted by atomic mass is 9.87. The summed E-state index contributed by atoms with van der Waals surface area (Å²) >= 11 is 0. The molecule has 0 fully saturated rings. The summed E-state index contributed by atoms with van der Waals surface area (Å²) < 4.78 is 0. The molecule has 6 aromatic rings. The molecule has 0 aliphatic carbocycles. The van der Waals surface area contributed by atoms with Crippen molar-refractivity contribution in [2.45, 2.75) is 78.6 Å². The smallest absolute Gasteiger partial charge is 0.0132 e. The Labute approximate surface area is 333 Å². The summed E-state index contributed by atoms with van der Waals surface area (Å²) in [6.07, 6.45) is 13.3. The van der Waals surface area contributed by atoms with Crippen molar-refractivity contribution in [3.8, 4) is 0 Å². The predicted molar refractivity (Wildman–Crippen MR) is 247 cm³/mol. The van der Waals surface area contributed by atoms with Gasteiger partial charge in [0.15, 0.2) is 0 Å². The van der Waals surface area contributed by atoms with Crippen LogP contribution in [0.15, 0.2) is 146 Å². The largest absolute Gasteiger partial charge is 0.0579 e. The molecule has 0 nitrogen and oxygen atoms in total. The minimum absolute atomic E-state index is 0.155. The van der Waals surface area contributed by atoms with E-state index in [-0.39, 0.29) is 16.2 Å². The second kappa shape index (κ2) is 16.8. The molecule has 1 heteroatoms. The lowest BCUT2D eigenvalue weighted by Gasteiger charge is -2.20. The summed E-state index contributed by atoms with van der Waals surface area (Å²) in [6, 6.07) is 54.2. The molecule has 0 amide bonds. The van der Waals surface area contributed by atoms with Gasteiger partial charge in [-0.15, -0.1) is 0 Å². The van der Waals surface area contributed by atoms with Gasteiger partial charge in [0, 0.05) is 0 Å². The van der Waals surface area contributed by atoms with Crippen LogP contribution in [0.2, 0.25) is 0 Å². The number of hydrogen-bond acceptors (Lipinski definition) is 0. The van der Waals surface area contributed by atoms with Crippen molar-refractivity contribution in [3.63, 3.8) is 0 Å². The first-order valence-electron chi connectivity index (χ1n) is 19.6. The summed E-state index contributed by atoms with van der Waals surface area (Å²) in [4.78, 5) is 0. The summed E-state index contributed by atoms with van der Waals surface area (Å²) in [5.74, 6) is 0. The summed E-state index contributed by atoms with van der Waals surface area (Å²) in [6.45, 7) is 20.3. The van der Waals surface area contributed by atoms with Crippen LogP contribution < -0.4 is 15.9 Å². The maximum Gasteiger partial charge on any atom is -0.0132 e. The van der Waals surface area contributed by atoms with Crippen molar-refractivity contribution in [2.75, 3.05) is 0 Å². The van der Waals surface area contributed by atoms with E-state index in [1.807, 2.05) is 0 Å². The highest BCUT2D eigenvalue weighted by atomic mass is 31.1. The third kappa shape index (κ3) is 10.8. The fourth-order valence-corrected chi connectivity index (χ4v) is 8.75. The molecule has 278 valence electrons. The Morgan fingerprint density at radius 2 is 0.418 bits per heavy atom. The molecule has 6 aromatic carbocycles. The van der Waals surface area contributed by atoms with Crippen molar-refractivity contribution < 1.29 is 0 Å². The Morgan fingerprint density at radius 1 is 0.255 bits per heavy atom. The first-order chi connectivity index (χ1) is 26.1. The molecular formula is C54H57P. The van der Waals surface area contributed by atoms with Gasteiger partial charge in [-0.05, 0) is 90.2 Å². The lowest BCUT2D eigenvalue weighted by molar-refractivity contribution is 0.590. The van der Waals surface area contributed by atoms with E-state index < -0.39 is 7.92 Å². The molecule has 0 saturated heterocycles. The number of benzene rings is 6. The van der Waals surface area contributed by atoms with Gasteiger partial charge in [0.25, 0.3) is 0 Å². The fraction of sp³-hybridized carbons (Fsp3) is 0.222. The van der Waals surface area contributed by atoms with Crippen LogP contribution in [0.3, 0.4) is 0 Å². The number of rotatable bonds is 9. The molecule has 0 saturated carbocycles. The Hall–Kier alpha value is -5.03. The Kier molecular flexibility index (Phi) is 12.1. The van der Waals surface area contributed by atoms with Gasteiger partial charge in [0.1, 0.15) is 0 Å². The molecule has 55 heavy (non-hydrogen) atoms. The molecule has 0 aliphatic rings. The van der Waals surface area contributed by atoms with Crippen LogP contribution >= 0.6 is 7.92 Å². The normalized spacial score (nSPS) is 13.3. The Bertz CT molecular complexity index is 1960. The molecular weight excluding hydrogens is 680 g/mol. The first kappa shape index (κ1) is 39.7. The van der Waals surface area contributed by atoms with Gasteiger partial charge in [-0.3, -0.25) is 0 Å². The van der Waals surface area contributed by atoms with Crippen molar-refractivity contribution in [3.05, 3.63) is 196 Å². The van der Waals surface area contributed by atoms with Crippen LogP contribution in [-0.4, -0.2) is 0 Å². The van der Waals surface area contributed by atoms with E-state index in [1.165, 1.54) is 66.0 Å². The van der Waals surface area contributed by atoms with Gasteiger partial charge in [0.05, 0.1) is 0 Å². The van der Waals surface area contributed by atoms with Crippen LogP contribution in [-0.2, 0) is 16.2 Å². The highest BCUT2D eigenvalue weighted by Gasteiger charge is 2.17. The van der Waals surface area contributed by atoms with Crippen molar-refractivity contribution in [1.29, 1.82) is 0 Å². The average Bonchev–Trinajstić information content (AvgIpc) is 3.16. The van der Waals surface area contributed by atoms with Gasteiger partial charge < -0.3 is 0 Å². The van der Waals surface area contributed by atoms with Gasteiger partial charge in [-0.1, -0.05) is 244 Å². The van der Waals surface area contributed by atoms with Crippen LogP contribution in [0.5, 0.6) is 0 Å². The number of hydrogen-bond donors (Lipinski definition) is 0. The minimum atomic E-state index is -0.759. The second-order valence-corrected chi connectivity index (χ2v) is 19.9. The Balaban J connectivity index is 1.24. The van der Waals surface area contributed by atoms with Gasteiger partial charge in [0.2, 0.25) is 0 Å². The van der Waals surface area contributed by atoms with E-state index in [0.717, 1.165) is 0 Å². The maximum absolute atomic E-state index is 2.32. The van der Waals surface area contributed by atoms with E-state index in [9.17, 15) is 0 Å². The zero-order valence-corrected chi connectivity index (χ0v) is 35.2. The topological polar surface area (TPSA) is 0 Å². The Morgan fingerprint density at radius 3 is 0.582 bits per heavy atom. The van der Waals surface area contributed by atoms with Gasteiger partial charge in [-0.25, -0.2) is 0 Å². The molecule has 0 aromatic heterocycles. The minimum Gasteiger partial charge on any atom is -0.0579 e. The van der Waals surface area contributed by atoms with E-state index in [4.69, 9.17) is 0 Å². The van der Waals surface area contributed by atoms with E-state index in [1.54, 1.807) is 0 Å². The SMILES string of the molecule is CC(C)(C)c1ccc(C=Cc2ccc(P(c3ccc(C=Cc4ccc(C(C)(C)C)cc4)cc3)c3ccc(C=Cc4ccc(C(C)(C)C)cc4)cc3)cc2)cc1. The standard InChI is InChI=1S/C54H57P/c1-52(2,3)46-28-16-40(17-29-46)10-13-43-22-34-49(35-23-43)55(50-36-24-44(25-37-50)14-11-41-18-30-47(31-19-41)53(4,5)6)51-38-26-45(27-39-51)15-12-42-20-32-48(33-21-42)54(7,8)9/h10-39H,1-9H3. The van der Waals surface area contributed by atoms with E-state index >= 15 is 0 Å². The predicted octanol–water partition coefficient (Wildman–Crippen LogP) is 13.8. The van der Waals surface area contributed by atoms with Gasteiger partial charge in [-0.2, -0.15) is 0 Å². The average molecular weight is 737 g/mol. The molecule has 0 radical (unpaired) electrons. The molecule has 0 heterocycles. The van der Waals surface area contributed by atoms with E-state index in [2.05, 4.69) is 244 Å². The van der Waals surface area contributed by atoms with Crippen LogP contribution in [0.1, 0.15) is 112 Å². The third-order valence-corrected chi connectivity index (χ3v) is 12.6. The fourth-order valence-electron chi connectivity index (χ4n) is 6.51. The second-order valence-electron chi connectivity index (χ2n) is 17.7. The van der Waals surface area contributed by atoms with Crippen molar-refractivity contribution >= 4 is 60.3 Å². The van der Waals surface area contributed by atoms with Gasteiger partial charge >= 0.3 is 0 Å². The summed E-state index contributed by atoms with van der Waals surface area (Å²) in [5, 5.41) is 4.02.